The van der Waals surface area contributed by atoms with Gasteiger partial charge in [0, 0.05) is 10.0 Å². The molecule has 3 heteroatoms. The summed E-state index contributed by atoms with van der Waals surface area (Å²) in [6.07, 6.45) is 0. The van der Waals surface area contributed by atoms with Gasteiger partial charge in [0.2, 0.25) is 0 Å². The van der Waals surface area contributed by atoms with Crippen molar-refractivity contribution in [1.29, 1.82) is 0 Å². The molecule has 1 atom stereocenters. The molecule has 0 radical (unpaired) electrons. The van der Waals surface area contributed by atoms with Gasteiger partial charge in [-0.2, -0.15) is 0 Å². The fourth-order valence-corrected chi connectivity index (χ4v) is 3.78. The third-order valence-corrected chi connectivity index (χ3v) is 4.60. The largest absolute Gasteiger partial charge is 0.207 e. The van der Waals surface area contributed by atoms with Crippen molar-refractivity contribution in [3.8, 4) is 0 Å². The Morgan fingerprint density at radius 1 is 1.11 bits per heavy atom. The van der Waals surface area contributed by atoms with Gasteiger partial charge in [0.05, 0.1) is 4.83 Å². The zero-order chi connectivity index (χ0) is 13.3. The second-order valence-electron chi connectivity index (χ2n) is 4.36. The fourth-order valence-electron chi connectivity index (χ4n) is 1.94. The average Bonchev–Trinajstić information content (AvgIpc) is 2.32. The first-order chi connectivity index (χ1) is 8.50. The molecule has 0 heterocycles. The van der Waals surface area contributed by atoms with Crippen LogP contribution < -0.4 is 0 Å². The summed E-state index contributed by atoms with van der Waals surface area (Å²) in [5.74, 6) is -0.202. The Bertz CT molecular complexity index is 558. The van der Waals surface area contributed by atoms with E-state index in [1.807, 2.05) is 19.9 Å². The van der Waals surface area contributed by atoms with Crippen LogP contribution in [0, 0.1) is 19.7 Å². The van der Waals surface area contributed by atoms with Gasteiger partial charge >= 0.3 is 0 Å². The van der Waals surface area contributed by atoms with Crippen LogP contribution in [-0.4, -0.2) is 0 Å². The number of rotatable bonds is 2. The molecule has 0 nitrogen and oxygen atoms in total. The van der Waals surface area contributed by atoms with Crippen molar-refractivity contribution in [2.45, 2.75) is 18.7 Å². The molecule has 0 aromatic heterocycles. The van der Waals surface area contributed by atoms with Gasteiger partial charge in [0.1, 0.15) is 5.82 Å². The number of alkyl halides is 1. The normalized spacial score (nSPS) is 12.5. The first-order valence-electron chi connectivity index (χ1n) is 5.66. The molecular formula is C15H13Br2F. The fraction of sp³-hybridized carbons (Fsp3) is 0.200. The predicted octanol–water partition coefficient (Wildman–Crippen LogP) is 5.69. The van der Waals surface area contributed by atoms with Crippen LogP contribution >= 0.6 is 31.9 Å². The smallest absolute Gasteiger partial charge is 0.129 e. The Morgan fingerprint density at radius 3 is 2.50 bits per heavy atom. The quantitative estimate of drug-likeness (QED) is 0.595. The molecule has 0 aliphatic carbocycles. The number of hydrogen-bond donors (Lipinski definition) is 0. The molecule has 0 amide bonds. The van der Waals surface area contributed by atoms with E-state index in [-0.39, 0.29) is 10.6 Å². The standard InChI is InChI=1S/C15H13Br2F/c1-9-6-7-10(2)11(8-9)15(17)14-12(16)4-3-5-13(14)18/h3-8,15H,1-2H3. The lowest BCUT2D eigenvalue weighted by atomic mass is 9.98. The Hall–Kier alpha value is -0.670. The monoisotopic (exact) mass is 370 g/mol. The maximum Gasteiger partial charge on any atom is 0.129 e. The summed E-state index contributed by atoms with van der Waals surface area (Å²) in [6.45, 7) is 4.08. The molecule has 2 aromatic rings. The first kappa shape index (κ1) is 13.8. The van der Waals surface area contributed by atoms with Gasteiger partial charge in [0.25, 0.3) is 0 Å². The Labute approximate surface area is 123 Å². The molecule has 0 aliphatic heterocycles. The van der Waals surface area contributed by atoms with Crippen molar-refractivity contribution >= 4 is 31.9 Å². The van der Waals surface area contributed by atoms with Gasteiger partial charge < -0.3 is 0 Å². The molecule has 0 N–H and O–H groups in total. The van der Waals surface area contributed by atoms with Gasteiger partial charge in [-0.3, -0.25) is 0 Å². The van der Waals surface area contributed by atoms with Crippen molar-refractivity contribution in [3.05, 3.63) is 68.9 Å². The van der Waals surface area contributed by atoms with E-state index < -0.39 is 0 Å². The molecule has 0 spiro atoms. The van der Waals surface area contributed by atoms with Crippen molar-refractivity contribution in [2.75, 3.05) is 0 Å². The Kier molecular flexibility index (Phi) is 4.23. The molecular weight excluding hydrogens is 359 g/mol. The highest BCUT2D eigenvalue weighted by atomic mass is 79.9. The Morgan fingerprint density at radius 2 is 1.83 bits per heavy atom. The molecule has 94 valence electrons. The highest BCUT2D eigenvalue weighted by molar-refractivity contribution is 9.11. The average molecular weight is 372 g/mol. The van der Waals surface area contributed by atoms with E-state index in [1.54, 1.807) is 6.07 Å². The van der Waals surface area contributed by atoms with Crippen LogP contribution in [0.15, 0.2) is 40.9 Å². The summed E-state index contributed by atoms with van der Waals surface area (Å²) in [7, 11) is 0. The van der Waals surface area contributed by atoms with Gasteiger partial charge in [-0.15, -0.1) is 0 Å². The summed E-state index contributed by atoms with van der Waals surface area (Å²) in [5.41, 5.74) is 4.07. The van der Waals surface area contributed by atoms with Crippen molar-refractivity contribution in [1.82, 2.24) is 0 Å². The van der Waals surface area contributed by atoms with E-state index in [0.29, 0.717) is 5.56 Å². The molecule has 0 bridgehead atoms. The minimum Gasteiger partial charge on any atom is -0.207 e. The summed E-state index contributed by atoms with van der Waals surface area (Å²) >= 11 is 7.03. The summed E-state index contributed by atoms with van der Waals surface area (Å²) < 4.78 is 14.7. The lowest BCUT2D eigenvalue weighted by Crippen LogP contribution is -2.00. The third-order valence-electron chi connectivity index (χ3n) is 2.96. The zero-order valence-corrected chi connectivity index (χ0v) is 13.3. The predicted molar refractivity (Wildman–Crippen MR) is 80.8 cm³/mol. The third kappa shape index (κ3) is 2.67. The summed E-state index contributed by atoms with van der Waals surface area (Å²) in [5, 5.41) is 0. The van der Waals surface area contributed by atoms with Crippen LogP contribution in [0.4, 0.5) is 4.39 Å². The lowest BCUT2D eigenvalue weighted by molar-refractivity contribution is 0.612. The lowest BCUT2D eigenvalue weighted by Gasteiger charge is -2.16. The van der Waals surface area contributed by atoms with Gasteiger partial charge in [-0.1, -0.05) is 61.7 Å². The van der Waals surface area contributed by atoms with Crippen LogP contribution in [0.1, 0.15) is 27.1 Å². The van der Waals surface area contributed by atoms with Crippen LogP contribution in [0.25, 0.3) is 0 Å². The maximum atomic E-state index is 14.0. The van der Waals surface area contributed by atoms with E-state index in [4.69, 9.17) is 0 Å². The second-order valence-corrected chi connectivity index (χ2v) is 6.13. The van der Waals surface area contributed by atoms with E-state index in [9.17, 15) is 4.39 Å². The van der Waals surface area contributed by atoms with Crippen LogP contribution in [-0.2, 0) is 0 Å². The van der Waals surface area contributed by atoms with Crippen LogP contribution in [0.5, 0.6) is 0 Å². The number of aryl methyl sites for hydroxylation is 2. The number of hydrogen-bond acceptors (Lipinski definition) is 0. The Balaban J connectivity index is 2.54. The van der Waals surface area contributed by atoms with Crippen molar-refractivity contribution < 1.29 is 4.39 Å². The molecule has 0 aliphatic rings. The van der Waals surface area contributed by atoms with Crippen molar-refractivity contribution in [3.63, 3.8) is 0 Å². The van der Waals surface area contributed by atoms with Gasteiger partial charge in [-0.05, 0) is 37.1 Å². The van der Waals surface area contributed by atoms with Crippen molar-refractivity contribution in [2.24, 2.45) is 0 Å². The molecule has 1 unspecified atom stereocenters. The van der Waals surface area contributed by atoms with Crippen LogP contribution in [0.2, 0.25) is 0 Å². The minimum atomic E-state index is -0.202. The summed E-state index contributed by atoms with van der Waals surface area (Å²) in [4.78, 5) is -0.145. The maximum absolute atomic E-state index is 14.0. The highest BCUT2D eigenvalue weighted by Crippen LogP contribution is 2.38. The topological polar surface area (TPSA) is 0 Å². The second kappa shape index (κ2) is 5.54. The van der Waals surface area contributed by atoms with Gasteiger partial charge in [-0.25, -0.2) is 4.39 Å². The molecule has 0 fully saturated rings. The summed E-state index contributed by atoms with van der Waals surface area (Å²) in [6, 6.07) is 11.3. The number of benzene rings is 2. The molecule has 18 heavy (non-hydrogen) atoms. The number of halogens is 3. The van der Waals surface area contributed by atoms with E-state index in [0.717, 1.165) is 15.6 Å². The molecule has 0 saturated carbocycles. The SMILES string of the molecule is Cc1ccc(C)c(C(Br)c2c(F)cccc2Br)c1. The molecule has 2 aromatic carbocycles. The minimum absolute atomic E-state index is 0.145. The van der Waals surface area contributed by atoms with Gasteiger partial charge in [0.15, 0.2) is 0 Å². The van der Waals surface area contributed by atoms with E-state index >= 15 is 0 Å². The van der Waals surface area contributed by atoms with E-state index in [2.05, 4.69) is 50.1 Å². The van der Waals surface area contributed by atoms with Crippen LogP contribution in [0.3, 0.4) is 0 Å². The zero-order valence-electron chi connectivity index (χ0n) is 10.2. The highest BCUT2D eigenvalue weighted by Gasteiger charge is 2.19. The van der Waals surface area contributed by atoms with E-state index in [1.165, 1.54) is 11.6 Å². The molecule has 2 rings (SSSR count). The first-order valence-corrected chi connectivity index (χ1v) is 7.36. The molecule has 0 saturated heterocycles.